The second-order valence-electron chi connectivity index (χ2n) is 6.99. The minimum absolute atomic E-state index is 0.167. The van der Waals surface area contributed by atoms with Crippen LogP contribution in [0.3, 0.4) is 0 Å². The van der Waals surface area contributed by atoms with E-state index in [9.17, 15) is 14.4 Å². The van der Waals surface area contributed by atoms with Crippen LogP contribution in [0.2, 0.25) is 0 Å². The van der Waals surface area contributed by atoms with Crippen LogP contribution >= 0.6 is 0 Å². The van der Waals surface area contributed by atoms with Crippen molar-refractivity contribution in [1.82, 2.24) is 10.2 Å². The molecule has 0 bridgehead atoms. The molecule has 2 aromatic rings. The van der Waals surface area contributed by atoms with Gasteiger partial charge in [0.2, 0.25) is 11.8 Å². The van der Waals surface area contributed by atoms with E-state index < -0.39 is 0 Å². The van der Waals surface area contributed by atoms with E-state index in [1.54, 1.807) is 6.07 Å². The van der Waals surface area contributed by atoms with E-state index in [0.717, 1.165) is 24.1 Å². The summed E-state index contributed by atoms with van der Waals surface area (Å²) in [5, 5.41) is 5.63. The van der Waals surface area contributed by atoms with E-state index in [2.05, 4.69) is 10.6 Å². The zero-order valence-corrected chi connectivity index (χ0v) is 16.0. The Balaban J connectivity index is 1.47. The van der Waals surface area contributed by atoms with Crippen LogP contribution in [0.1, 0.15) is 40.7 Å². The predicted octanol–water partition coefficient (Wildman–Crippen LogP) is 2.88. The number of hydrogen-bond donors (Lipinski definition) is 2. The van der Waals surface area contributed by atoms with Crippen LogP contribution in [0.15, 0.2) is 48.5 Å². The van der Waals surface area contributed by atoms with E-state index in [1.807, 2.05) is 54.3 Å². The lowest BCUT2D eigenvalue weighted by Crippen LogP contribution is -2.28. The molecule has 0 aliphatic carbocycles. The van der Waals surface area contributed by atoms with Crippen molar-refractivity contribution in [2.24, 2.45) is 0 Å². The summed E-state index contributed by atoms with van der Waals surface area (Å²) in [6, 6.07) is 14.9. The summed E-state index contributed by atoms with van der Waals surface area (Å²) in [5.41, 5.74) is 3.20. The SMILES string of the molecule is Cc1ccccc1C(=O)NCCC(=O)Nc1cccc(CN2CCCC2=O)c1. The van der Waals surface area contributed by atoms with E-state index in [1.165, 1.54) is 0 Å². The first-order valence-electron chi connectivity index (χ1n) is 9.53. The van der Waals surface area contributed by atoms with Gasteiger partial charge in [-0.15, -0.1) is 0 Å². The molecule has 1 aliphatic rings. The van der Waals surface area contributed by atoms with Crippen molar-refractivity contribution in [3.05, 3.63) is 65.2 Å². The molecular formula is C22H25N3O3. The lowest BCUT2D eigenvalue weighted by molar-refractivity contribution is -0.128. The average Bonchev–Trinajstić information content (AvgIpc) is 3.07. The number of nitrogens with zero attached hydrogens (tertiary/aromatic N) is 1. The number of nitrogens with one attached hydrogen (secondary N) is 2. The number of carbonyl (C=O) groups is 3. The lowest BCUT2D eigenvalue weighted by atomic mass is 10.1. The van der Waals surface area contributed by atoms with Crippen molar-refractivity contribution in [3.8, 4) is 0 Å². The number of anilines is 1. The second kappa shape index (κ2) is 9.17. The molecule has 0 radical (unpaired) electrons. The molecule has 2 aromatic carbocycles. The molecule has 28 heavy (non-hydrogen) atoms. The van der Waals surface area contributed by atoms with Crippen LogP contribution in [0, 0.1) is 6.92 Å². The monoisotopic (exact) mass is 379 g/mol. The number of benzene rings is 2. The highest BCUT2D eigenvalue weighted by molar-refractivity contribution is 5.96. The predicted molar refractivity (Wildman–Crippen MR) is 108 cm³/mol. The summed E-state index contributed by atoms with van der Waals surface area (Å²) in [7, 11) is 0. The third-order valence-corrected chi connectivity index (χ3v) is 4.78. The number of hydrogen-bond acceptors (Lipinski definition) is 3. The fourth-order valence-electron chi connectivity index (χ4n) is 3.27. The maximum Gasteiger partial charge on any atom is 0.251 e. The van der Waals surface area contributed by atoms with Gasteiger partial charge in [-0.25, -0.2) is 0 Å². The molecule has 3 amide bonds. The number of aryl methyl sites for hydroxylation is 1. The Kier molecular flexibility index (Phi) is 6.42. The number of likely N-dealkylation sites (tertiary alicyclic amines) is 1. The molecule has 0 aromatic heterocycles. The van der Waals surface area contributed by atoms with Gasteiger partial charge in [-0.05, 0) is 42.7 Å². The topological polar surface area (TPSA) is 78.5 Å². The molecule has 2 N–H and O–H groups in total. The highest BCUT2D eigenvalue weighted by Gasteiger charge is 2.20. The number of amides is 3. The highest BCUT2D eigenvalue weighted by atomic mass is 16.2. The van der Waals surface area contributed by atoms with Crippen molar-refractivity contribution >= 4 is 23.4 Å². The minimum atomic E-state index is -0.178. The summed E-state index contributed by atoms with van der Waals surface area (Å²) in [5.74, 6) is -0.165. The molecule has 6 heteroatoms. The molecule has 0 saturated carbocycles. The Labute approximate surface area is 164 Å². The van der Waals surface area contributed by atoms with Crippen LogP contribution < -0.4 is 10.6 Å². The summed E-state index contributed by atoms with van der Waals surface area (Å²) >= 11 is 0. The fraction of sp³-hybridized carbons (Fsp3) is 0.318. The molecule has 1 saturated heterocycles. The normalized spacial score (nSPS) is 13.5. The molecule has 0 atom stereocenters. The van der Waals surface area contributed by atoms with Crippen molar-refractivity contribution in [3.63, 3.8) is 0 Å². The Morgan fingerprint density at radius 1 is 1.11 bits per heavy atom. The van der Waals surface area contributed by atoms with Crippen LogP contribution in [0.4, 0.5) is 5.69 Å². The standard InChI is InChI=1S/C22H25N3O3/c1-16-6-2-3-9-19(16)22(28)23-12-11-20(26)24-18-8-4-7-17(14-18)15-25-13-5-10-21(25)27/h2-4,6-9,14H,5,10-13,15H2,1H3,(H,23,28)(H,24,26). The zero-order chi connectivity index (χ0) is 19.9. The highest BCUT2D eigenvalue weighted by Crippen LogP contribution is 2.17. The van der Waals surface area contributed by atoms with E-state index >= 15 is 0 Å². The van der Waals surface area contributed by atoms with Gasteiger partial charge in [0.25, 0.3) is 5.91 Å². The third-order valence-electron chi connectivity index (χ3n) is 4.78. The van der Waals surface area contributed by atoms with Crippen molar-refractivity contribution in [2.45, 2.75) is 32.7 Å². The Morgan fingerprint density at radius 3 is 2.68 bits per heavy atom. The largest absolute Gasteiger partial charge is 0.352 e. The smallest absolute Gasteiger partial charge is 0.251 e. The summed E-state index contributed by atoms with van der Waals surface area (Å²) in [6.07, 6.45) is 1.71. The summed E-state index contributed by atoms with van der Waals surface area (Å²) in [4.78, 5) is 37.9. The van der Waals surface area contributed by atoms with Gasteiger partial charge >= 0.3 is 0 Å². The molecule has 1 fully saturated rings. The molecule has 146 valence electrons. The fourth-order valence-corrected chi connectivity index (χ4v) is 3.27. The van der Waals surface area contributed by atoms with Gasteiger partial charge in [0.15, 0.2) is 0 Å². The molecule has 0 unspecified atom stereocenters. The number of rotatable bonds is 7. The van der Waals surface area contributed by atoms with E-state index in [4.69, 9.17) is 0 Å². The molecule has 1 aliphatic heterocycles. The summed E-state index contributed by atoms with van der Waals surface area (Å²) in [6.45, 7) is 3.50. The van der Waals surface area contributed by atoms with E-state index in [-0.39, 0.29) is 30.7 Å². The van der Waals surface area contributed by atoms with Crippen molar-refractivity contribution in [2.75, 3.05) is 18.4 Å². The van der Waals surface area contributed by atoms with Crippen LogP contribution in [-0.2, 0) is 16.1 Å². The third kappa shape index (κ3) is 5.19. The van der Waals surface area contributed by atoms with Crippen LogP contribution in [0.5, 0.6) is 0 Å². The van der Waals surface area contributed by atoms with Crippen LogP contribution in [-0.4, -0.2) is 35.7 Å². The molecule has 6 nitrogen and oxygen atoms in total. The van der Waals surface area contributed by atoms with Crippen molar-refractivity contribution in [1.29, 1.82) is 0 Å². The van der Waals surface area contributed by atoms with E-state index in [0.29, 0.717) is 24.2 Å². The molecule has 1 heterocycles. The molecule has 0 spiro atoms. The first kappa shape index (κ1) is 19.6. The van der Waals surface area contributed by atoms with Gasteiger partial charge in [-0.2, -0.15) is 0 Å². The second-order valence-corrected chi connectivity index (χ2v) is 6.99. The summed E-state index contributed by atoms with van der Waals surface area (Å²) < 4.78 is 0. The average molecular weight is 379 g/mol. The molecule has 3 rings (SSSR count). The number of carbonyl (C=O) groups excluding carboxylic acids is 3. The van der Waals surface area contributed by atoms with Gasteiger partial charge in [0.1, 0.15) is 0 Å². The lowest BCUT2D eigenvalue weighted by Gasteiger charge is -2.16. The van der Waals surface area contributed by atoms with Gasteiger partial charge in [-0.3, -0.25) is 14.4 Å². The quantitative estimate of drug-likeness (QED) is 0.776. The van der Waals surface area contributed by atoms with Gasteiger partial charge in [-0.1, -0.05) is 30.3 Å². The Bertz CT molecular complexity index is 879. The van der Waals surface area contributed by atoms with Gasteiger partial charge < -0.3 is 15.5 Å². The first-order valence-corrected chi connectivity index (χ1v) is 9.53. The van der Waals surface area contributed by atoms with Crippen molar-refractivity contribution < 1.29 is 14.4 Å². The minimum Gasteiger partial charge on any atom is -0.352 e. The Morgan fingerprint density at radius 2 is 1.93 bits per heavy atom. The first-order chi connectivity index (χ1) is 13.5. The van der Waals surface area contributed by atoms with Gasteiger partial charge in [0.05, 0.1) is 0 Å². The Hall–Kier alpha value is -3.15. The van der Waals surface area contributed by atoms with Gasteiger partial charge in [0, 0.05) is 43.7 Å². The van der Waals surface area contributed by atoms with Crippen LogP contribution in [0.25, 0.3) is 0 Å². The zero-order valence-electron chi connectivity index (χ0n) is 16.0. The maximum absolute atomic E-state index is 12.2. The maximum atomic E-state index is 12.2. The molecular weight excluding hydrogens is 354 g/mol.